The summed E-state index contributed by atoms with van der Waals surface area (Å²) in [5.41, 5.74) is 4.22. The zero-order valence-electron chi connectivity index (χ0n) is 13.4. The molecule has 0 heterocycles. The first-order valence-electron chi connectivity index (χ1n) is 7.74. The van der Waals surface area contributed by atoms with Crippen LogP contribution >= 0.6 is 0 Å². The fraction of sp³-hybridized carbons (Fsp3) is 0.733. The maximum absolute atomic E-state index is 12.3. The number of hydrogen-bond acceptors (Lipinski definition) is 5. The summed E-state index contributed by atoms with van der Waals surface area (Å²) >= 11 is 0. The number of amides is 2. The first-order valence-corrected chi connectivity index (χ1v) is 7.74. The summed E-state index contributed by atoms with van der Waals surface area (Å²) in [6.07, 6.45) is 0.919. The molecule has 2 aliphatic carbocycles. The van der Waals surface area contributed by atoms with E-state index in [2.05, 4.69) is 10.6 Å². The number of carboxylic acids is 1. The molecule has 129 valence electrons. The van der Waals surface area contributed by atoms with Crippen LogP contribution in [-0.4, -0.2) is 51.7 Å². The van der Waals surface area contributed by atoms with Gasteiger partial charge in [0.1, 0.15) is 11.6 Å². The first kappa shape index (κ1) is 17.7. The van der Waals surface area contributed by atoms with Gasteiger partial charge >= 0.3 is 5.97 Å². The van der Waals surface area contributed by atoms with Crippen molar-refractivity contribution in [2.24, 2.45) is 23.5 Å². The fourth-order valence-corrected chi connectivity index (χ4v) is 3.06. The van der Waals surface area contributed by atoms with Gasteiger partial charge in [0.25, 0.3) is 0 Å². The van der Waals surface area contributed by atoms with Crippen molar-refractivity contribution in [2.45, 2.75) is 50.9 Å². The highest BCUT2D eigenvalue weighted by Gasteiger charge is 2.67. The summed E-state index contributed by atoms with van der Waals surface area (Å²) in [5, 5.41) is 24.3. The molecular formula is C15H24N3O5. The van der Waals surface area contributed by atoms with Crippen LogP contribution in [0, 0.1) is 24.2 Å². The van der Waals surface area contributed by atoms with E-state index in [4.69, 9.17) is 5.73 Å². The summed E-state index contributed by atoms with van der Waals surface area (Å²) in [5.74, 6) is -2.89. The Hall–Kier alpha value is -1.67. The smallest absolute Gasteiger partial charge is 0.329 e. The van der Waals surface area contributed by atoms with E-state index in [1.54, 1.807) is 20.3 Å². The van der Waals surface area contributed by atoms with E-state index in [1.165, 1.54) is 6.92 Å². The zero-order valence-corrected chi connectivity index (χ0v) is 13.4. The molecule has 2 aliphatic rings. The predicted molar refractivity (Wildman–Crippen MR) is 80.8 cm³/mol. The van der Waals surface area contributed by atoms with Crippen molar-refractivity contribution in [3.05, 3.63) is 6.42 Å². The third kappa shape index (κ3) is 3.18. The molecule has 0 saturated heterocycles. The molecule has 1 radical (unpaired) electrons. The highest BCUT2D eigenvalue weighted by Crippen LogP contribution is 2.56. The Morgan fingerprint density at radius 2 is 1.87 bits per heavy atom. The van der Waals surface area contributed by atoms with Crippen LogP contribution in [0.4, 0.5) is 0 Å². The monoisotopic (exact) mass is 326 g/mol. The summed E-state index contributed by atoms with van der Waals surface area (Å²) in [7, 11) is 0. The maximum atomic E-state index is 12.3. The molecule has 2 amide bonds. The minimum Gasteiger partial charge on any atom is -0.479 e. The van der Waals surface area contributed by atoms with Crippen LogP contribution in [-0.2, 0) is 14.4 Å². The lowest BCUT2D eigenvalue weighted by Crippen LogP contribution is -2.60. The van der Waals surface area contributed by atoms with E-state index in [-0.39, 0.29) is 24.2 Å². The number of aliphatic carboxylic acids is 1. The standard InChI is InChI=1S/C15H24N3O5/c1-6(2)11(16)13(21)17-7(3)12(20)18-15(14(22)23)5-10(19)8-4-9(8)15/h4,6-11,19H,5,16H2,1-3H3,(H,17,21)(H,18,20)(H,22,23)/t7-,8-,9+,10-,11-,15-/m0/s1. The van der Waals surface area contributed by atoms with E-state index in [1.807, 2.05) is 0 Å². The van der Waals surface area contributed by atoms with Crippen LogP contribution in [0.25, 0.3) is 0 Å². The second-order valence-corrected chi connectivity index (χ2v) is 6.83. The summed E-state index contributed by atoms with van der Waals surface area (Å²) in [4.78, 5) is 35.8. The molecule has 8 nitrogen and oxygen atoms in total. The minimum atomic E-state index is -1.50. The van der Waals surface area contributed by atoms with Crippen molar-refractivity contribution in [1.29, 1.82) is 0 Å². The van der Waals surface area contributed by atoms with Crippen LogP contribution in [0.1, 0.15) is 27.2 Å². The SMILES string of the molecule is CC(C)[C@H](N)C(=O)N[C@@H](C)C(=O)N[C@@]1(C(=O)O)C[C@H](O)[C@H]2[CH][C@H]21. The second kappa shape index (κ2) is 6.09. The summed E-state index contributed by atoms with van der Waals surface area (Å²) in [6, 6.07) is -1.66. The highest BCUT2D eigenvalue weighted by atomic mass is 16.4. The van der Waals surface area contributed by atoms with Crippen molar-refractivity contribution in [3.8, 4) is 0 Å². The third-order valence-corrected chi connectivity index (χ3v) is 4.75. The topological polar surface area (TPSA) is 142 Å². The second-order valence-electron chi connectivity index (χ2n) is 6.83. The van der Waals surface area contributed by atoms with Crippen LogP contribution < -0.4 is 16.4 Å². The van der Waals surface area contributed by atoms with Gasteiger partial charge in [0.2, 0.25) is 11.8 Å². The number of carbonyl (C=O) groups is 3. The molecule has 2 fully saturated rings. The van der Waals surface area contributed by atoms with Gasteiger partial charge in [-0.25, -0.2) is 4.79 Å². The van der Waals surface area contributed by atoms with Crippen molar-refractivity contribution in [2.75, 3.05) is 0 Å². The van der Waals surface area contributed by atoms with E-state index < -0.39 is 41.5 Å². The Labute approximate surface area is 134 Å². The maximum Gasteiger partial charge on any atom is 0.329 e. The van der Waals surface area contributed by atoms with Crippen molar-refractivity contribution in [3.63, 3.8) is 0 Å². The van der Waals surface area contributed by atoms with E-state index in [0.29, 0.717) is 0 Å². The number of nitrogens with one attached hydrogen (secondary N) is 2. The van der Waals surface area contributed by atoms with Gasteiger partial charge in [-0.3, -0.25) is 9.59 Å². The van der Waals surface area contributed by atoms with Gasteiger partial charge in [-0.1, -0.05) is 13.8 Å². The zero-order chi connectivity index (χ0) is 17.5. The fourth-order valence-electron chi connectivity index (χ4n) is 3.06. The van der Waals surface area contributed by atoms with Crippen molar-refractivity contribution < 1.29 is 24.6 Å². The Morgan fingerprint density at radius 3 is 2.26 bits per heavy atom. The number of carboxylic acid groups (broad SMARTS) is 1. The lowest BCUT2D eigenvalue weighted by Gasteiger charge is -2.30. The number of hydrogen-bond donors (Lipinski definition) is 5. The van der Waals surface area contributed by atoms with Gasteiger partial charge < -0.3 is 26.6 Å². The molecule has 0 unspecified atom stereocenters. The third-order valence-electron chi connectivity index (χ3n) is 4.75. The van der Waals surface area contributed by atoms with E-state index in [0.717, 1.165) is 0 Å². The highest BCUT2D eigenvalue weighted by molar-refractivity contribution is 5.93. The lowest BCUT2D eigenvalue weighted by molar-refractivity contribution is -0.149. The molecule has 0 spiro atoms. The molecule has 2 rings (SSSR count). The molecule has 6 atom stereocenters. The Kier molecular flexibility index (Phi) is 4.68. The van der Waals surface area contributed by atoms with E-state index in [9.17, 15) is 24.6 Å². The quantitative estimate of drug-likeness (QED) is 0.408. The molecule has 6 N–H and O–H groups in total. The largest absolute Gasteiger partial charge is 0.479 e. The first-order chi connectivity index (χ1) is 10.6. The average molecular weight is 326 g/mol. The van der Waals surface area contributed by atoms with Crippen LogP contribution in [0.2, 0.25) is 0 Å². The average Bonchev–Trinajstić information content (AvgIpc) is 3.20. The number of rotatable bonds is 6. The minimum absolute atomic E-state index is 0.0356. The van der Waals surface area contributed by atoms with Crippen molar-refractivity contribution in [1.82, 2.24) is 10.6 Å². The van der Waals surface area contributed by atoms with E-state index >= 15 is 0 Å². The Morgan fingerprint density at radius 1 is 1.26 bits per heavy atom. The van der Waals surface area contributed by atoms with Crippen LogP contribution in [0.15, 0.2) is 0 Å². The van der Waals surface area contributed by atoms with Crippen LogP contribution in [0.5, 0.6) is 0 Å². The number of fused-ring (bicyclic) bond motifs is 1. The van der Waals surface area contributed by atoms with Crippen molar-refractivity contribution >= 4 is 17.8 Å². The number of nitrogens with two attached hydrogens (primary N) is 1. The summed E-state index contributed by atoms with van der Waals surface area (Å²) < 4.78 is 0. The van der Waals surface area contributed by atoms with Crippen LogP contribution in [0.3, 0.4) is 0 Å². The molecule has 0 aromatic heterocycles. The van der Waals surface area contributed by atoms with Gasteiger partial charge in [-0.05, 0) is 25.2 Å². The molecule has 2 saturated carbocycles. The molecule has 0 bridgehead atoms. The Bertz CT molecular complexity index is 523. The molecular weight excluding hydrogens is 302 g/mol. The molecule has 0 aliphatic heterocycles. The normalized spacial score (nSPS) is 34.4. The number of aliphatic hydroxyl groups is 1. The van der Waals surface area contributed by atoms with Gasteiger partial charge in [0.15, 0.2) is 0 Å². The molecule has 0 aromatic carbocycles. The summed E-state index contributed by atoms with van der Waals surface area (Å²) in [6.45, 7) is 5.05. The molecule has 8 heteroatoms. The van der Waals surface area contributed by atoms with Gasteiger partial charge in [-0.2, -0.15) is 0 Å². The number of aliphatic hydroxyl groups excluding tert-OH is 1. The molecule has 0 aromatic rings. The Balaban J connectivity index is 2.00. The lowest BCUT2D eigenvalue weighted by atomic mass is 9.92. The predicted octanol–water partition coefficient (Wildman–Crippen LogP) is -1.37. The van der Waals surface area contributed by atoms with Gasteiger partial charge in [-0.15, -0.1) is 0 Å². The molecule has 23 heavy (non-hydrogen) atoms. The van der Waals surface area contributed by atoms with Gasteiger partial charge in [0, 0.05) is 12.3 Å². The number of carbonyl (C=O) groups excluding carboxylic acids is 2. The van der Waals surface area contributed by atoms with Gasteiger partial charge in [0.05, 0.1) is 12.1 Å².